The summed E-state index contributed by atoms with van der Waals surface area (Å²) in [6.45, 7) is 0.239. The maximum Gasteiger partial charge on any atom is 0.332 e. The second kappa shape index (κ2) is 6.37. The van der Waals surface area contributed by atoms with E-state index in [0.29, 0.717) is 0 Å². The van der Waals surface area contributed by atoms with Gasteiger partial charge in [-0.05, 0) is 12.8 Å². The molecule has 0 amide bonds. The van der Waals surface area contributed by atoms with Crippen LogP contribution in [-0.2, 0) is 0 Å². The van der Waals surface area contributed by atoms with E-state index in [1.54, 1.807) is 0 Å². The minimum absolute atomic E-state index is 0.0199. The smallest absolute Gasteiger partial charge is 0.332 e. The molecule has 0 bridgehead atoms. The Bertz CT molecular complexity index is 488. The fourth-order valence-corrected chi connectivity index (χ4v) is 2.60. The van der Waals surface area contributed by atoms with Crippen molar-refractivity contribution < 1.29 is 9.66 Å². The zero-order chi connectivity index (χ0) is 14.6. The van der Waals surface area contributed by atoms with Gasteiger partial charge in [-0.25, -0.2) is 4.98 Å². The SMILES string of the molecule is NC1(COc2ncc(Cl)cc2[N+](=O)[O-])CCCCCC1. The van der Waals surface area contributed by atoms with Crippen molar-refractivity contribution in [3.63, 3.8) is 0 Å². The second-order valence-corrected chi connectivity index (χ2v) is 5.74. The molecular formula is C13H18ClN3O3. The predicted molar refractivity (Wildman–Crippen MR) is 76.0 cm³/mol. The summed E-state index contributed by atoms with van der Waals surface area (Å²) in [6.07, 6.45) is 7.56. The maximum atomic E-state index is 11.0. The lowest BCUT2D eigenvalue weighted by atomic mass is 9.93. The molecule has 1 aromatic heterocycles. The van der Waals surface area contributed by atoms with Crippen LogP contribution in [0.4, 0.5) is 5.69 Å². The van der Waals surface area contributed by atoms with Gasteiger partial charge in [0.1, 0.15) is 6.61 Å². The summed E-state index contributed by atoms with van der Waals surface area (Å²) in [6, 6.07) is 1.24. The van der Waals surface area contributed by atoms with Gasteiger partial charge in [0.2, 0.25) is 0 Å². The van der Waals surface area contributed by atoms with Crippen molar-refractivity contribution in [3.05, 3.63) is 27.4 Å². The summed E-state index contributed by atoms with van der Waals surface area (Å²) in [5, 5.41) is 11.2. The van der Waals surface area contributed by atoms with E-state index in [4.69, 9.17) is 22.1 Å². The highest BCUT2D eigenvalue weighted by atomic mass is 35.5. The van der Waals surface area contributed by atoms with Crippen molar-refractivity contribution in [2.75, 3.05) is 6.61 Å². The van der Waals surface area contributed by atoms with Crippen molar-refractivity contribution in [1.82, 2.24) is 4.98 Å². The molecule has 0 saturated heterocycles. The summed E-state index contributed by atoms with van der Waals surface area (Å²) in [5.74, 6) is -0.0199. The third-order valence-electron chi connectivity index (χ3n) is 3.59. The van der Waals surface area contributed by atoms with E-state index in [-0.39, 0.29) is 23.2 Å². The highest BCUT2D eigenvalue weighted by molar-refractivity contribution is 6.30. The van der Waals surface area contributed by atoms with Crippen LogP contribution in [0.5, 0.6) is 5.88 Å². The van der Waals surface area contributed by atoms with Crippen molar-refractivity contribution in [3.8, 4) is 5.88 Å². The molecule has 0 atom stereocenters. The molecule has 1 aromatic rings. The van der Waals surface area contributed by atoms with Crippen molar-refractivity contribution in [2.45, 2.75) is 44.1 Å². The number of nitrogens with zero attached hydrogens (tertiary/aromatic N) is 2. The Balaban J connectivity index is 2.08. The first-order valence-electron chi connectivity index (χ1n) is 6.72. The summed E-state index contributed by atoms with van der Waals surface area (Å²) in [7, 11) is 0. The predicted octanol–water partition coefficient (Wildman–Crippen LogP) is 3.07. The van der Waals surface area contributed by atoms with Gasteiger partial charge in [0.25, 0.3) is 5.88 Å². The van der Waals surface area contributed by atoms with Gasteiger partial charge in [0.05, 0.1) is 21.7 Å². The van der Waals surface area contributed by atoms with Crippen LogP contribution in [-0.4, -0.2) is 22.1 Å². The first-order chi connectivity index (χ1) is 9.50. The van der Waals surface area contributed by atoms with Crippen LogP contribution in [0.2, 0.25) is 5.02 Å². The molecule has 110 valence electrons. The number of rotatable bonds is 4. The number of hydrogen-bond donors (Lipinski definition) is 1. The second-order valence-electron chi connectivity index (χ2n) is 5.30. The number of aromatic nitrogens is 1. The van der Waals surface area contributed by atoms with E-state index in [2.05, 4.69) is 4.98 Å². The Morgan fingerprint density at radius 1 is 1.40 bits per heavy atom. The summed E-state index contributed by atoms with van der Waals surface area (Å²) >= 11 is 5.71. The Hall–Kier alpha value is -1.40. The third kappa shape index (κ3) is 3.80. The topological polar surface area (TPSA) is 91.3 Å². The third-order valence-corrected chi connectivity index (χ3v) is 3.80. The highest BCUT2D eigenvalue weighted by Crippen LogP contribution is 2.30. The molecule has 7 heteroatoms. The van der Waals surface area contributed by atoms with Crippen molar-refractivity contribution in [1.29, 1.82) is 0 Å². The molecule has 1 fully saturated rings. The molecule has 0 aliphatic heterocycles. The van der Waals surface area contributed by atoms with E-state index in [0.717, 1.165) is 25.7 Å². The Kier molecular flexibility index (Phi) is 4.77. The maximum absolute atomic E-state index is 11.0. The van der Waals surface area contributed by atoms with Crippen LogP contribution in [0.25, 0.3) is 0 Å². The molecule has 1 saturated carbocycles. The average molecular weight is 300 g/mol. The van der Waals surface area contributed by atoms with Crippen LogP contribution in [0.15, 0.2) is 12.3 Å². The van der Waals surface area contributed by atoms with Crippen LogP contribution in [0.1, 0.15) is 38.5 Å². The Morgan fingerprint density at radius 2 is 2.05 bits per heavy atom. The zero-order valence-corrected chi connectivity index (χ0v) is 11.9. The summed E-state index contributed by atoms with van der Waals surface area (Å²) < 4.78 is 5.52. The summed E-state index contributed by atoms with van der Waals surface area (Å²) in [4.78, 5) is 14.3. The van der Waals surface area contributed by atoms with Crippen molar-refractivity contribution in [2.24, 2.45) is 5.73 Å². The molecule has 20 heavy (non-hydrogen) atoms. The van der Waals surface area contributed by atoms with Gasteiger partial charge in [-0.3, -0.25) is 10.1 Å². The van der Waals surface area contributed by atoms with Gasteiger partial charge in [0, 0.05) is 6.07 Å². The average Bonchev–Trinajstić information content (AvgIpc) is 2.62. The molecule has 1 aliphatic rings. The van der Waals surface area contributed by atoms with Crippen molar-refractivity contribution >= 4 is 17.3 Å². The van der Waals surface area contributed by atoms with Gasteiger partial charge in [-0.2, -0.15) is 0 Å². The van der Waals surface area contributed by atoms with Gasteiger partial charge in [0.15, 0.2) is 0 Å². The normalized spacial score (nSPS) is 18.3. The lowest BCUT2D eigenvalue weighted by molar-refractivity contribution is -0.386. The molecular weight excluding hydrogens is 282 g/mol. The fourth-order valence-electron chi connectivity index (χ4n) is 2.45. The monoisotopic (exact) mass is 299 g/mol. The summed E-state index contributed by atoms with van der Waals surface area (Å²) in [5.41, 5.74) is 5.66. The van der Waals surface area contributed by atoms with Gasteiger partial charge < -0.3 is 10.5 Å². The molecule has 0 unspecified atom stereocenters. The molecule has 1 heterocycles. The number of nitrogens with two attached hydrogens (primary N) is 1. The van der Waals surface area contributed by atoms with Crippen LogP contribution >= 0.6 is 11.6 Å². The number of hydrogen-bond acceptors (Lipinski definition) is 5. The van der Waals surface area contributed by atoms with Crippen LogP contribution in [0, 0.1) is 10.1 Å². The molecule has 0 aromatic carbocycles. The van der Waals surface area contributed by atoms with Crippen LogP contribution < -0.4 is 10.5 Å². The van der Waals surface area contributed by atoms with Gasteiger partial charge in [-0.15, -0.1) is 0 Å². The van der Waals surface area contributed by atoms with E-state index in [9.17, 15) is 10.1 Å². The highest BCUT2D eigenvalue weighted by Gasteiger charge is 2.29. The molecule has 0 spiro atoms. The first-order valence-corrected chi connectivity index (χ1v) is 7.10. The Labute approximate surface area is 122 Å². The Morgan fingerprint density at radius 3 is 2.65 bits per heavy atom. The molecule has 2 rings (SSSR count). The number of halogens is 1. The van der Waals surface area contributed by atoms with E-state index >= 15 is 0 Å². The standard InChI is InChI=1S/C13H18ClN3O3/c14-10-7-11(17(18)19)12(16-8-10)20-9-13(15)5-3-1-2-4-6-13/h7-8H,1-6,9,15H2. The van der Waals surface area contributed by atoms with E-state index in [1.165, 1.54) is 25.1 Å². The van der Waals surface area contributed by atoms with Crippen LogP contribution in [0.3, 0.4) is 0 Å². The fraction of sp³-hybridized carbons (Fsp3) is 0.615. The van der Waals surface area contributed by atoms with Gasteiger partial charge >= 0.3 is 5.69 Å². The molecule has 2 N–H and O–H groups in total. The first kappa shape index (κ1) is 15.0. The molecule has 0 radical (unpaired) electrons. The van der Waals surface area contributed by atoms with E-state index in [1.807, 2.05) is 0 Å². The van der Waals surface area contributed by atoms with Gasteiger partial charge in [-0.1, -0.05) is 37.3 Å². The quantitative estimate of drug-likeness (QED) is 0.524. The number of pyridine rings is 1. The minimum Gasteiger partial charge on any atom is -0.471 e. The molecule has 6 nitrogen and oxygen atoms in total. The lowest BCUT2D eigenvalue weighted by Crippen LogP contribution is -2.45. The zero-order valence-electron chi connectivity index (χ0n) is 11.2. The van der Waals surface area contributed by atoms with E-state index < -0.39 is 10.5 Å². The largest absolute Gasteiger partial charge is 0.471 e. The number of nitro groups is 1. The lowest BCUT2D eigenvalue weighted by Gasteiger charge is -2.27. The number of ether oxygens (including phenoxy) is 1. The molecule has 1 aliphatic carbocycles. The minimum atomic E-state index is -0.551.